The van der Waals surface area contributed by atoms with Crippen molar-refractivity contribution in [3.8, 4) is 0 Å². The molecule has 0 radical (unpaired) electrons. The van der Waals surface area contributed by atoms with Crippen LogP contribution in [-0.2, 0) is 0 Å². The number of nitrogens with two attached hydrogens (primary N) is 1. The highest BCUT2D eigenvalue weighted by molar-refractivity contribution is 4.93. The van der Waals surface area contributed by atoms with Crippen LogP contribution in [0.2, 0.25) is 0 Å². The number of hydrogen-bond acceptors (Lipinski definition) is 3. The number of hydrogen-bond donors (Lipinski definition) is 1. The summed E-state index contributed by atoms with van der Waals surface area (Å²) in [6, 6.07) is -2.08. The quantitative estimate of drug-likeness (QED) is 0.838. The highest BCUT2D eigenvalue weighted by Gasteiger charge is 2.48. The van der Waals surface area contributed by atoms with Crippen LogP contribution in [0.4, 0.5) is 13.2 Å². The van der Waals surface area contributed by atoms with E-state index in [4.69, 9.17) is 5.73 Å². The van der Waals surface area contributed by atoms with E-state index in [-0.39, 0.29) is 6.04 Å². The lowest BCUT2D eigenvalue weighted by Gasteiger charge is -2.33. The van der Waals surface area contributed by atoms with E-state index in [2.05, 4.69) is 4.90 Å². The van der Waals surface area contributed by atoms with Gasteiger partial charge >= 0.3 is 6.18 Å². The van der Waals surface area contributed by atoms with Crippen molar-refractivity contribution in [1.82, 2.24) is 9.80 Å². The Morgan fingerprint density at radius 2 is 1.78 bits per heavy atom. The Kier molecular flexibility index (Phi) is 4.18. The van der Waals surface area contributed by atoms with Crippen LogP contribution in [-0.4, -0.2) is 60.3 Å². The van der Waals surface area contributed by atoms with Gasteiger partial charge in [-0.25, -0.2) is 0 Å². The van der Waals surface area contributed by atoms with Gasteiger partial charge < -0.3 is 5.73 Å². The molecule has 3 unspecified atom stereocenters. The van der Waals surface area contributed by atoms with E-state index in [0.717, 1.165) is 19.5 Å². The van der Waals surface area contributed by atoms with Gasteiger partial charge in [0.05, 0.1) is 0 Å². The second-order valence-electron chi connectivity index (χ2n) is 5.53. The second-order valence-corrected chi connectivity index (χ2v) is 5.53. The maximum Gasteiger partial charge on any atom is 0.405 e. The molecule has 2 fully saturated rings. The Morgan fingerprint density at radius 3 is 2.28 bits per heavy atom. The van der Waals surface area contributed by atoms with Gasteiger partial charge in [-0.2, -0.15) is 13.2 Å². The molecule has 106 valence electrons. The van der Waals surface area contributed by atoms with E-state index >= 15 is 0 Å². The fourth-order valence-electron chi connectivity index (χ4n) is 3.26. The molecule has 0 aliphatic carbocycles. The minimum atomic E-state index is -4.23. The Morgan fingerprint density at radius 1 is 1.17 bits per heavy atom. The molecule has 0 spiro atoms. The van der Waals surface area contributed by atoms with Gasteiger partial charge in [-0.1, -0.05) is 0 Å². The molecule has 18 heavy (non-hydrogen) atoms. The van der Waals surface area contributed by atoms with Crippen LogP contribution in [0.15, 0.2) is 0 Å². The molecule has 2 heterocycles. The third kappa shape index (κ3) is 2.97. The van der Waals surface area contributed by atoms with Crippen molar-refractivity contribution < 1.29 is 13.2 Å². The summed E-state index contributed by atoms with van der Waals surface area (Å²) in [5, 5.41) is 0. The number of likely N-dealkylation sites (tertiary alicyclic amines) is 2. The largest absolute Gasteiger partial charge is 0.405 e. The maximum atomic E-state index is 13.0. The lowest BCUT2D eigenvalue weighted by atomic mass is 10.1. The zero-order chi connectivity index (χ0) is 13.3. The summed E-state index contributed by atoms with van der Waals surface area (Å²) in [5.41, 5.74) is 5.53. The molecule has 2 aliphatic heterocycles. The van der Waals surface area contributed by atoms with E-state index < -0.39 is 18.3 Å². The zero-order valence-electron chi connectivity index (χ0n) is 10.8. The SMILES string of the molecule is CC(N)C(N1CCC(N2CCCC2)C1)C(F)(F)F. The lowest BCUT2D eigenvalue weighted by Crippen LogP contribution is -2.54. The molecule has 0 saturated carbocycles. The molecule has 3 nitrogen and oxygen atoms in total. The van der Waals surface area contributed by atoms with E-state index in [0.29, 0.717) is 13.1 Å². The van der Waals surface area contributed by atoms with E-state index in [1.54, 1.807) is 0 Å². The summed E-state index contributed by atoms with van der Waals surface area (Å²) in [6.45, 7) is 4.53. The minimum absolute atomic E-state index is 0.288. The summed E-state index contributed by atoms with van der Waals surface area (Å²) >= 11 is 0. The average Bonchev–Trinajstić information content (AvgIpc) is 2.81. The molecule has 2 N–H and O–H groups in total. The van der Waals surface area contributed by atoms with Crippen LogP contribution in [0.5, 0.6) is 0 Å². The number of rotatable bonds is 3. The molecule has 0 bridgehead atoms. The van der Waals surface area contributed by atoms with Crippen LogP contribution in [0.1, 0.15) is 26.2 Å². The third-order valence-electron chi connectivity index (χ3n) is 4.08. The Hall–Kier alpha value is -0.330. The van der Waals surface area contributed by atoms with Crippen molar-refractivity contribution in [2.24, 2.45) is 5.73 Å². The number of halogens is 3. The van der Waals surface area contributed by atoms with Gasteiger partial charge in [0.15, 0.2) is 0 Å². The lowest BCUT2D eigenvalue weighted by molar-refractivity contribution is -0.185. The first-order valence-corrected chi connectivity index (χ1v) is 6.70. The summed E-state index contributed by atoms with van der Waals surface area (Å²) in [7, 11) is 0. The van der Waals surface area contributed by atoms with Crippen LogP contribution >= 0.6 is 0 Å². The molecular formula is C12H22F3N3. The van der Waals surface area contributed by atoms with Gasteiger partial charge in [-0.3, -0.25) is 9.80 Å². The molecule has 0 amide bonds. The molecule has 6 heteroatoms. The van der Waals surface area contributed by atoms with E-state index in [1.807, 2.05) is 0 Å². The third-order valence-corrected chi connectivity index (χ3v) is 4.08. The molecule has 0 aromatic heterocycles. The Bertz CT molecular complexity index is 274. The van der Waals surface area contributed by atoms with Gasteiger partial charge in [-0.05, 0) is 39.3 Å². The number of alkyl halides is 3. The summed E-state index contributed by atoms with van der Waals surface area (Å²) < 4.78 is 39.0. The number of nitrogens with zero attached hydrogens (tertiary/aromatic N) is 2. The van der Waals surface area contributed by atoms with Crippen molar-refractivity contribution in [3.63, 3.8) is 0 Å². The van der Waals surface area contributed by atoms with Crippen LogP contribution in [0.25, 0.3) is 0 Å². The molecular weight excluding hydrogens is 243 g/mol. The first kappa shape index (κ1) is 14.1. The van der Waals surface area contributed by atoms with E-state index in [9.17, 15) is 13.2 Å². The molecule has 0 aromatic rings. The minimum Gasteiger partial charge on any atom is -0.326 e. The maximum absolute atomic E-state index is 13.0. The fourth-order valence-corrected chi connectivity index (χ4v) is 3.26. The average molecular weight is 265 g/mol. The fraction of sp³-hybridized carbons (Fsp3) is 1.00. The summed E-state index contributed by atoms with van der Waals surface area (Å²) in [4.78, 5) is 3.85. The van der Waals surface area contributed by atoms with Gasteiger partial charge in [-0.15, -0.1) is 0 Å². The van der Waals surface area contributed by atoms with Crippen LogP contribution in [0.3, 0.4) is 0 Å². The van der Waals surface area contributed by atoms with Gasteiger partial charge in [0, 0.05) is 25.2 Å². The Balaban J connectivity index is 1.97. The molecule has 2 rings (SSSR count). The van der Waals surface area contributed by atoms with Gasteiger partial charge in [0.25, 0.3) is 0 Å². The van der Waals surface area contributed by atoms with Crippen molar-refractivity contribution in [2.75, 3.05) is 26.2 Å². The zero-order valence-corrected chi connectivity index (χ0v) is 10.8. The molecule has 3 atom stereocenters. The predicted octanol–water partition coefficient (Wildman–Crippen LogP) is 1.43. The predicted molar refractivity (Wildman–Crippen MR) is 64.3 cm³/mol. The molecule has 2 saturated heterocycles. The second kappa shape index (κ2) is 5.35. The normalized spacial score (nSPS) is 30.8. The monoisotopic (exact) mass is 265 g/mol. The van der Waals surface area contributed by atoms with Crippen molar-refractivity contribution in [3.05, 3.63) is 0 Å². The van der Waals surface area contributed by atoms with Gasteiger partial charge in [0.1, 0.15) is 6.04 Å². The summed E-state index contributed by atoms with van der Waals surface area (Å²) in [6.07, 6.45) is -1.05. The van der Waals surface area contributed by atoms with Gasteiger partial charge in [0.2, 0.25) is 0 Å². The highest BCUT2D eigenvalue weighted by atomic mass is 19.4. The standard InChI is InChI=1S/C12H22F3N3/c1-9(16)11(12(13,14)15)18-7-4-10(8-18)17-5-2-3-6-17/h9-11H,2-8,16H2,1H3. The van der Waals surface area contributed by atoms with Crippen molar-refractivity contribution >= 4 is 0 Å². The van der Waals surface area contributed by atoms with Crippen LogP contribution < -0.4 is 5.73 Å². The summed E-state index contributed by atoms with van der Waals surface area (Å²) in [5.74, 6) is 0. The van der Waals surface area contributed by atoms with E-state index in [1.165, 1.54) is 24.7 Å². The highest BCUT2D eigenvalue weighted by Crippen LogP contribution is 2.31. The van der Waals surface area contributed by atoms with Crippen molar-refractivity contribution in [1.29, 1.82) is 0 Å². The Labute approximate surface area is 106 Å². The van der Waals surface area contributed by atoms with Crippen LogP contribution in [0, 0.1) is 0 Å². The molecule has 2 aliphatic rings. The topological polar surface area (TPSA) is 32.5 Å². The first-order chi connectivity index (χ1) is 8.39. The first-order valence-electron chi connectivity index (χ1n) is 6.70. The smallest absolute Gasteiger partial charge is 0.326 e. The molecule has 0 aromatic carbocycles. The van der Waals surface area contributed by atoms with Crippen molar-refractivity contribution in [2.45, 2.75) is 50.5 Å².